The molecule has 1 aliphatic rings. The number of rotatable bonds is 5. The van der Waals surface area contributed by atoms with Gasteiger partial charge in [0.1, 0.15) is 0 Å². The topological polar surface area (TPSA) is 47.3 Å². The Hall–Kier alpha value is -0.870. The molecule has 2 atom stereocenters. The standard InChI is InChI=1S/C17H30N2O2/c1-17(2,3)16(21-4)15(20)12-13-10-11-19(18-13)14-8-6-5-7-9-14/h10-11,14-16,20H,5-9,12H2,1-4H3. The van der Waals surface area contributed by atoms with Crippen LogP contribution in [0, 0.1) is 5.41 Å². The molecule has 0 saturated heterocycles. The Morgan fingerprint density at radius 2 is 2.00 bits per heavy atom. The van der Waals surface area contributed by atoms with E-state index in [1.807, 2.05) is 6.07 Å². The lowest BCUT2D eigenvalue weighted by atomic mass is 9.84. The number of aliphatic hydroxyl groups excluding tert-OH is 1. The summed E-state index contributed by atoms with van der Waals surface area (Å²) >= 11 is 0. The van der Waals surface area contributed by atoms with Crippen molar-refractivity contribution in [3.63, 3.8) is 0 Å². The van der Waals surface area contributed by atoms with E-state index in [1.54, 1.807) is 7.11 Å². The van der Waals surface area contributed by atoms with Crippen LogP contribution in [0.15, 0.2) is 12.3 Å². The SMILES string of the molecule is COC(C(O)Cc1ccn(C2CCCCC2)n1)C(C)(C)C. The molecule has 1 aromatic heterocycles. The number of aromatic nitrogens is 2. The normalized spacial score (nSPS) is 20.4. The molecule has 1 aliphatic carbocycles. The van der Waals surface area contributed by atoms with Crippen molar-refractivity contribution in [3.8, 4) is 0 Å². The molecule has 0 amide bonds. The van der Waals surface area contributed by atoms with Crippen LogP contribution in [0.3, 0.4) is 0 Å². The monoisotopic (exact) mass is 294 g/mol. The van der Waals surface area contributed by atoms with E-state index in [2.05, 4.69) is 36.7 Å². The summed E-state index contributed by atoms with van der Waals surface area (Å²) in [5, 5.41) is 15.1. The second-order valence-corrected chi connectivity index (χ2v) is 7.37. The Bertz CT molecular complexity index is 430. The van der Waals surface area contributed by atoms with Gasteiger partial charge < -0.3 is 9.84 Å². The van der Waals surface area contributed by atoms with Crippen LogP contribution in [0.25, 0.3) is 0 Å². The molecule has 120 valence electrons. The van der Waals surface area contributed by atoms with Crippen LogP contribution in [-0.2, 0) is 11.2 Å². The van der Waals surface area contributed by atoms with Crippen LogP contribution in [0.1, 0.15) is 64.6 Å². The third-order valence-electron chi connectivity index (χ3n) is 4.49. The zero-order valence-electron chi connectivity index (χ0n) is 13.9. The summed E-state index contributed by atoms with van der Waals surface area (Å²) in [4.78, 5) is 0. The highest BCUT2D eigenvalue weighted by molar-refractivity contribution is 5.03. The maximum absolute atomic E-state index is 10.4. The summed E-state index contributed by atoms with van der Waals surface area (Å²) in [6.07, 6.45) is 8.33. The lowest BCUT2D eigenvalue weighted by Gasteiger charge is -2.33. The summed E-state index contributed by atoms with van der Waals surface area (Å²) in [6, 6.07) is 2.58. The van der Waals surface area contributed by atoms with Crippen LogP contribution in [-0.4, -0.2) is 34.2 Å². The molecule has 0 radical (unpaired) electrons. The molecule has 4 heteroatoms. The fourth-order valence-electron chi connectivity index (χ4n) is 3.44. The van der Waals surface area contributed by atoms with Gasteiger partial charge >= 0.3 is 0 Å². The minimum Gasteiger partial charge on any atom is -0.390 e. The van der Waals surface area contributed by atoms with Crippen molar-refractivity contribution < 1.29 is 9.84 Å². The second kappa shape index (κ2) is 6.93. The average molecular weight is 294 g/mol. The average Bonchev–Trinajstić information content (AvgIpc) is 2.87. The third kappa shape index (κ3) is 4.30. The Morgan fingerprint density at radius 3 is 2.57 bits per heavy atom. The Balaban J connectivity index is 1.98. The molecule has 0 spiro atoms. The van der Waals surface area contributed by atoms with E-state index in [-0.39, 0.29) is 11.5 Å². The van der Waals surface area contributed by atoms with Gasteiger partial charge in [0.05, 0.1) is 23.9 Å². The van der Waals surface area contributed by atoms with E-state index in [4.69, 9.17) is 4.74 Å². The second-order valence-electron chi connectivity index (χ2n) is 7.37. The number of hydrogen-bond acceptors (Lipinski definition) is 3. The first-order chi connectivity index (χ1) is 9.91. The van der Waals surface area contributed by atoms with E-state index < -0.39 is 6.10 Å². The number of nitrogens with zero attached hydrogens (tertiary/aromatic N) is 2. The number of hydrogen-bond donors (Lipinski definition) is 1. The van der Waals surface area contributed by atoms with Crippen molar-refractivity contribution in [2.45, 2.75) is 77.5 Å². The Morgan fingerprint density at radius 1 is 1.33 bits per heavy atom. The van der Waals surface area contributed by atoms with Gasteiger partial charge in [0.2, 0.25) is 0 Å². The molecule has 1 N–H and O–H groups in total. The van der Waals surface area contributed by atoms with Crippen LogP contribution in [0.2, 0.25) is 0 Å². The summed E-state index contributed by atoms with van der Waals surface area (Å²) in [5.74, 6) is 0. The molecule has 21 heavy (non-hydrogen) atoms. The van der Waals surface area contributed by atoms with E-state index in [1.165, 1.54) is 32.1 Å². The predicted molar refractivity (Wildman–Crippen MR) is 84.3 cm³/mol. The molecule has 1 aromatic rings. The maximum atomic E-state index is 10.4. The number of aliphatic hydroxyl groups is 1. The Kier molecular flexibility index (Phi) is 5.44. The van der Waals surface area contributed by atoms with Gasteiger partial charge in [-0.3, -0.25) is 4.68 Å². The van der Waals surface area contributed by atoms with Crippen molar-refractivity contribution in [2.75, 3.05) is 7.11 Å². The first-order valence-corrected chi connectivity index (χ1v) is 8.16. The summed E-state index contributed by atoms with van der Waals surface area (Å²) in [6.45, 7) is 6.26. The molecule has 2 rings (SSSR count). The first kappa shape index (κ1) is 16.5. The summed E-state index contributed by atoms with van der Waals surface area (Å²) < 4.78 is 7.58. The van der Waals surface area contributed by atoms with Crippen molar-refractivity contribution in [3.05, 3.63) is 18.0 Å². The zero-order chi connectivity index (χ0) is 15.5. The molecule has 2 unspecified atom stereocenters. The molecule has 4 nitrogen and oxygen atoms in total. The lowest BCUT2D eigenvalue weighted by molar-refractivity contribution is -0.0702. The van der Waals surface area contributed by atoms with Gasteiger partial charge in [-0.1, -0.05) is 40.0 Å². The fraction of sp³-hybridized carbons (Fsp3) is 0.824. The van der Waals surface area contributed by atoms with Gasteiger partial charge in [0, 0.05) is 19.7 Å². The first-order valence-electron chi connectivity index (χ1n) is 8.16. The largest absolute Gasteiger partial charge is 0.390 e. The van der Waals surface area contributed by atoms with Crippen molar-refractivity contribution in [1.82, 2.24) is 9.78 Å². The highest BCUT2D eigenvalue weighted by Gasteiger charge is 2.31. The van der Waals surface area contributed by atoms with Crippen LogP contribution < -0.4 is 0 Å². The number of methoxy groups -OCH3 is 1. The maximum Gasteiger partial charge on any atom is 0.0882 e. The molecule has 1 heterocycles. The van der Waals surface area contributed by atoms with E-state index in [0.29, 0.717) is 12.5 Å². The molecule has 0 aliphatic heterocycles. The van der Waals surface area contributed by atoms with Crippen LogP contribution in [0.5, 0.6) is 0 Å². The highest BCUT2D eigenvalue weighted by Crippen LogP contribution is 2.28. The smallest absolute Gasteiger partial charge is 0.0882 e. The molecule has 0 aromatic carbocycles. The predicted octanol–water partition coefficient (Wildman–Crippen LogP) is 3.35. The van der Waals surface area contributed by atoms with E-state index in [0.717, 1.165) is 5.69 Å². The highest BCUT2D eigenvalue weighted by atomic mass is 16.5. The molecule has 1 fully saturated rings. The molecular weight excluding hydrogens is 264 g/mol. The minimum atomic E-state index is -0.523. The molecule has 1 saturated carbocycles. The van der Waals surface area contributed by atoms with Crippen LogP contribution in [0.4, 0.5) is 0 Å². The fourth-order valence-corrected chi connectivity index (χ4v) is 3.44. The minimum absolute atomic E-state index is 0.0832. The summed E-state index contributed by atoms with van der Waals surface area (Å²) in [5.41, 5.74) is 0.875. The van der Waals surface area contributed by atoms with E-state index in [9.17, 15) is 5.11 Å². The van der Waals surface area contributed by atoms with Gasteiger partial charge in [0.25, 0.3) is 0 Å². The van der Waals surface area contributed by atoms with Gasteiger partial charge in [-0.25, -0.2) is 0 Å². The van der Waals surface area contributed by atoms with E-state index >= 15 is 0 Å². The van der Waals surface area contributed by atoms with Gasteiger partial charge in [-0.2, -0.15) is 5.10 Å². The quantitative estimate of drug-likeness (QED) is 0.906. The molecular formula is C17H30N2O2. The van der Waals surface area contributed by atoms with Gasteiger partial charge in [-0.15, -0.1) is 0 Å². The molecule has 0 bridgehead atoms. The van der Waals surface area contributed by atoms with Crippen molar-refractivity contribution in [2.24, 2.45) is 5.41 Å². The van der Waals surface area contributed by atoms with Crippen molar-refractivity contribution in [1.29, 1.82) is 0 Å². The van der Waals surface area contributed by atoms with Crippen LogP contribution >= 0.6 is 0 Å². The zero-order valence-corrected chi connectivity index (χ0v) is 13.9. The van der Waals surface area contributed by atoms with Gasteiger partial charge in [-0.05, 0) is 24.3 Å². The Labute approximate surface area is 128 Å². The summed E-state index contributed by atoms with van der Waals surface area (Å²) in [7, 11) is 1.67. The van der Waals surface area contributed by atoms with Gasteiger partial charge in [0.15, 0.2) is 0 Å². The lowest BCUT2D eigenvalue weighted by Crippen LogP contribution is -2.40. The third-order valence-corrected chi connectivity index (χ3v) is 4.49. The van der Waals surface area contributed by atoms with Crippen molar-refractivity contribution >= 4 is 0 Å². The number of ether oxygens (including phenoxy) is 1.